The van der Waals surface area contributed by atoms with Crippen molar-refractivity contribution in [3.63, 3.8) is 0 Å². The molecule has 1 unspecified atom stereocenters. The van der Waals surface area contributed by atoms with Crippen LogP contribution in [0.1, 0.15) is 20.3 Å². The maximum absolute atomic E-state index is 11.0. The van der Waals surface area contributed by atoms with Gasteiger partial charge >= 0.3 is 5.97 Å². The van der Waals surface area contributed by atoms with Gasteiger partial charge in [-0.2, -0.15) is 0 Å². The molecule has 0 bridgehead atoms. The summed E-state index contributed by atoms with van der Waals surface area (Å²) in [6, 6.07) is 6.66. The molecule has 0 aromatic heterocycles. The van der Waals surface area contributed by atoms with E-state index in [1.54, 1.807) is 12.1 Å². The Kier molecular flexibility index (Phi) is 6.67. The number of nitrogens with one attached hydrogen (secondary N) is 1. The van der Waals surface area contributed by atoms with Crippen molar-refractivity contribution in [2.45, 2.75) is 26.3 Å². The summed E-state index contributed by atoms with van der Waals surface area (Å²) in [6.07, 6.45) is 0.749. The Morgan fingerprint density at radius 3 is 2.53 bits per heavy atom. The van der Waals surface area contributed by atoms with Crippen molar-refractivity contribution in [3.05, 3.63) is 29.3 Å². The lowest BCUT2D eigenvalue weighted by molar-refractivity contribution is -0.140. The van der Waals surface area contributed by atoms with Gasteiger partial charge in [-0.25, -0.2) is 0 Å². The number of benzene rings is 1. The van der Waals surface area contributed by atoms with E-state index in [4.69, 9.17) is 21.4 Å². The topological polar surface area (TPSA) is 58.6 Å². The first-order valence-electron chi connectivity index (χ1n) is 6.35. The summed E-state index contributed by atoms with van der Waals surface area (Å²) in [4.78, 5) is 11.0. The Morgan fingerprint density at radius 2 is 2.00 bits per heavy atom. The molecular weight excluding hydrogens is 266 g/mol. The first-order valence-corrected chi connectivity index (χ1v) is 6.73. The second-order valence-electron chi connectivity index (χ2n) is 4.67. The zero-order chi connectivity index (χ0) is 14.3. The summed E-state index contributed by atoms with van der Waals surface area (Å²) in [5.41, 5.74) is 0. The lowest BCUT2D eigenvalue weighted by Crippen LogP contribution is -2.41. The van der Waals surface area contributed by atoms with E-state index in [-0.39, 0.29) is 5.92 Å². The van der Waals surface area contributed by atoms with E-state index in [2.05, 4.69) is 5.32 Å². The normalized spacial score (nSPS) is 12.4. The highest BCUT2D eigenvalue weighted by molar-refractivity contribution is 6.30. The maximum atomic E-state index is 11.0. The van der Waals surface area contributed by atoms with Crippen LogP contribution in [0.2, 0.25) is 5.02 Å². The number of rotatable bonds is 8. The van der Waals surface area contributed by atoms with E-state index >= 15 is 0 Å². The van der Waals surface area contributed by atoms with E-state index in [1.165, 1.54) is 0 Å². The summed E-state index contributed by atoms with van der Waals surface area (Å²) < 4.78 is 5.52. The third kappa shape index (κ3) is 5.94. The third-order valence-electron chi connectivity index (χ3n) is 2.70. The van der Waals surface area contributed by atoms with Crippen molar-refractivity contribution >= 4 is 17.6 Å². The van der Waals surface area contributed by atoms with Crippen LogP contribution >= 0.6 is 11.6 Å². The van der Waals surface area contributed by atoms with Crippen molar-refractivity contribution in [2.75, 3.05) is 13.2 Å². The number of carboxylic acids is 1. The van der Waals surface area contributed by atoms with Crippen LogP contribution in [0.15, 0.2) is 24.3 Å². The molecule has 5 heteroatoms. The molecule has 0 radical (unpaired) electrons. The SMILES string of the molecule is CC(C)C(NCCCOc1ccc(Cl)cc1)C(=O)O. The zero-order valence-corrected chi connectivity index (χ0v) is 12.0. The van der Waals surface area contributed by atoms with Gasteiger partial charge in [-0.3, -0.25) is 4.79 Å². The predicted molar refractivity (Wildman–Crippen MR) is 75.8 cm³/mol. The minimum atomic E-state index is -0.811. The fourth-order valence-corrected chi connectivity index (χ4v) is 1.78. The molecule has 0 saturated carbocycles. The maximum Gasteiger partial charge on any atom is 0.320 e. The van der Waals surface area contributed by atoms with Gasteiger partial charge in [0.2, 0.25) is 0 Å². The summed E-state index contributed by atoms with van der Waals surface area (Å²) in [6.45, 7) is 4.92. The smallest absolute Gasteiger partial charge is 0.320 e. The Bertz CT molecular complexity index is 392. The Morgan fingerprint density at radius 1 is 1.37 bits per heavy atom. The lowest BCUT2D eigenvalue weighted by Gasteiger charge is -2.17. The van der Waals surface area contributed by atoms with E-state index in [1.807, 2.05) is 26.0 Å². The zero-order valence-electron chi connectivity index (χ0n) is 11.2. The highest BCUT2D eigenvalue weighted by Gasteiger charge is 2.19. The first-order chi connectivity index (χ1) is 9.00. The van der Waals surface area contributed by atoms with Crippen molar-refractivity contribution in [2.24, 2.45) is 5.92 Å². The van der Waals surface area contributed by atoms with Gasteiger partial charge in [0.1, 0.15) is 11.8 Å². The molecule has 4 nitrogen and oxygen atoms in total. The molecule has 0 fully saturated rings. The molecular formula is C14H20ClNO3. The van der Waals surface area contributed by atoms with Crippen LogP contribution in [0.4, 0.5) is 0 Å². The van der Waals surface area contributed by atoms with Crippen LogP contribution in [0.5, 0.6) is 5.75 Å². The number of ether oxygens (including phenoxy) is 1. The summed E-state index contributed by atoms with van der Waals surface area (Å²) >= 11 is 5.77. The van der Waals surface area contributed by atoms with E-state index in [0.29, 0.717) is 18.2 Å². The molecule has 1 atom stereocenters. The van der Waals surface area contributed by atoms with Crippen molar-refractivity contribution in [1.29, 1.82) is 0 Å². The summed E-state index contributed by atoms with van der Waals surface area (Å²) in [5, 5.41) is 12.7. The van der Waals surface area contributed by atoms with Gasteiger partial charge < -0.3 is 15.2 Å². The summed E-state index contributed by atoms with van der Waals surface area (Å²) in [5.74, 6) is 0.0198. The molecule has 0 saturated heterocycles. The second-order valence-corrected chi connectivity index (χ2v) is 5.11. The van der Waals surface area contributed by atoms with Crippen molar-refractivity contribution in [3.8, 4) is 5.75 Å². The molecule has 1 aromatic rings. The molecule has 0 spiro atoms. The number of hydrogen-bond acceptors (Lipinski definition) is 3. The van der Waals surface area contributed by atoms with Gasteiger partial charge in [-0.05, 0) is 43.1 Å². The summed E-state index contributed by atoms with van der Waals surface area (Å²) in [7, 11) is 0. The molecule has 19 heavy (non-hydrogen) atoms. The molecule has 0 heterocycles. The van der Waals surface area contributed by atoms with Gasteiger partial charge in [0.15, 0.2) is 0 Å². The minimum absolute atomic E-state index is 0.0645. The molecule has 0 amide bonds. The Hall–Kier alpha value is -1.26. The van der Waals surface area contributed by atoms with Gasteiger partial charge in [-0.15, -0.1) is 0 Å². The third-order valence-corrected chi connectivity index (χ3v) is 2.95. The number of carbonyl (C=O) groups is 1. The molecule has 0 aliphatic carbocycles. The van der Waals surface area contributed by atoms with Crippen molar-refractivity contribution in [1.82, 2.24) is 5.32 Å². The van der Waals surface area contributed by atoms with Crippen LogP contribution in [-0.2, 0) is 4.79 Å². The fourth-order valence-electron chi connectivity index (χ4n) is 1.66. The standard InChI is InChI=1S/C14H20ClNO3/c1-10(2)13(14(17)18)16-8-3-9-19-12-6-4-11(15)5-7-12/h4-7,10,13,16H,3,8-9H2,1-2H3,(H,17,18). The van der Waals surface area contributed by atoms with Gasteiger partial charge in [0.05, 0.1) is 6.61 Å². The number of hydrogen-bond donors (Lipinski definition) is 2. The van der Waals surface area contributed by atoms with Gasteiger partial charge in [0.25, 0.3) is 0 Å². The number of carboxylic acid groups (broad SMARTS) is 1. The number of aliphatic carboxylic acids is 1. The van der Waals surface area contributed by atoms with Crippen LogP contribution in [0.25, 0.3) is 0 Å². The van der Waals surface area contributed by atoms with Gasteiger partial charge in [-0.1, -0.05) is 25.4 Å². The highest BCUT2D eigenvalue weighted by Crippen LogP contribution is 2.15. The fraction of sp³-hybridized carbons (Fsp3) is 0.500. The van der Waals surface area contributed by atoms with E-state index in [0.717, 1.165) is 12.2 Å². The van der Waals surface area contributed by atoms with Crippen LogP contribution in [-0.4, -0.2) is 30.3 Å². The van der Waals surface area contributed by atoms with Crippen LogP contribution in [0.3, 0.4) is 0 Å². The first kappa shape index (κ1) is 15.8. The Labute approximate surface area is 118 Å². The largest absolute Gasteiger partial charge is 0.494 e. The average Bonchev–Trinajstić information content (AvgIpc) is 2.34. The molecule has 0 aliphatic rings. The second kappa shape index (κ2) is 8.02. The van der Waals surface area contributed by atoms with Crippen LogP contribution in [0, 0.1) is 5.92 Å². The highest BCUT2D eigenvalue weighted by atomic mass is 35.5. The van der Waals surface area contributed by atoms with Crippen LogP contribution < -0.4 is 10.1 Å². The quantitative estimate of drug-likeness (QED) is 0.721. The van der Waals surface area contributed by atoms with E-state index < -0.39 is 12.0 Å². The molecule has 1 aromatic carbocycles. The van der Waals surface area contributed by atoms with Gasteiger partial charge in [0, 0.05) is 5.02 Å². The molecule has 2 N–H and O–H groups in total. The molecule has 1 rings (SSSR count). The molecule has 0 aliphatic heterocycles. The van der Waals surface area contributed by atoms with Crippen molar-refractivity contribution < 1.29 is 14.6 Å². The van der Waals surface area contributed by atoms with E-state index in [9.17, 15) is 4.79 Å². The monoisotopic (exact) mass is 285 g/mol. The Balaban J connectivity index is 2.20. The average molecular weight is 286 g/mol. The minimum Gasteiger partial charge on any atom is -0.494 e. The predicted octanol–water partition coefficient (Wildman–Crippen LogP) is 2.81. The lowest BCUT2D eigenvalue weighted by atomic mass is 10.0. The molecule has 106 valence electrons. The number of halogens is 1.